The predicted octanol–water partition coefficient (Wildman–Crippen LogP) is -1.75. The van der Waals surface area contributed by atoms with Crippen molar-refractivity contribution in [1.29, 1.82) is 0 Å². The zero-order valence-electron chi connectivity index (χ0n) is 6.47. The molecular formula is C6H12N2O4. The summed E-state index contributed by atoms with van der Waals surface area (Å²) >= 11 is 0. The van der Waals surface area contributed by atoms with Gasteiger partial charge in [0.15, 0.2) is 0 Å². The lowest BCUT2D eigenvalue weighted by Gasteiger charge is -2.34. The van der Waals surface area contributed by atoms with Crippen molar-refractivity contribution < 1.29 is 20.1 Å². The van der Waals surface area contributed by atoms with Gasteiger partial charge >= 0.3 is 6.09 Å². The topological polar surface area (TPSA) is 93.0 Å². The standard InChI is InChI=1S/C6H12N2O4/c9-3-4-1-8(6(11)12)2-5(10)7-4/h4-5,7,9-10H,1-3H2,(H,11,12)/t4-,5?/m0/s1. The van der Waals surface area contributed by atoms with Crippen molar-refractivity contribution in [2.45, 2.75) is 12.3 Å². The molecule has 0 aromatic carbocycles. The minimum Gasteiger partial charge on any atom is -0.465 e. The normalized spacial score (nSPS) is 30.3. The van der Waals surface area contributed by atoms with Gasteiger partial charge in [-0.15, -0.1) is 0 Å². The number of piperazine rings is 1. The zero-order chi connectivity index (χ0) is 9.14. The fourth-order valence-corrected chi connectivity index (χ4v) is 1.19. The molecule has 6 heteroatoms. The molecule has 1 amide bonds. The van der Waals surface area contributed by atoms with E-state index < -0.39 is 12.3 Å². The molecule has 0 aromatic rings. The number of rotatable bonds is 1. The minimum atomic E-state index is -1.07. The fraction of sp³-hybridized carbons (Fsp3) is 0.833. The summed E-state index contributed by atoms with van der Waals surface area (Å²) in [6.07, 6.45) is -1.96. The van der Waals surface area contributed by atoms with Crippen molar-refractivity contribution in [3.63, 3.8) is 0 Å². The summed E-state index contributed by atoms with van der Waals surface area (Å²) < 4.78 is 0. The Morgan fingerprint density at radius 1 is 1.58 bits per heavy atom. The summed E-state index contributed by atoms with van der Waals surface area (Å²) in [5.41, 5.74) is 0. The molecule has 1 rings (SSSR count). The van der Waals surface area contributed by atoms with Gasteiger partial charge in [0.25, 0.3) is 0 Å². The van der Waals surface area contributed by atoms with Crippen LogP contribution in [0.1, 0.15) is 0 Å². The molecule has 0 radical (unpaired) electrons. The summed E-state index contributed by atoms with van der Waals surface area (Å²) in [7, 11) is 0. The third-order valence-corrected chi connectivity index (χ3v) is 1.75. The number of aliphatic hydroxyl groups excluding tert-OH is 2. The second-order valence-electron chi connectivity index (χ2n) is 2.75. The number of carboxylic acid groups (broad SMARTS) is 1. The Kier molecular flexibility index (Phi) is 2.85. The van der Waals surface area contributed by atoms with E-state index in [-0.39, 0.29) is 25.7 Å². The predicted molar refractivity (Wildman–Crippen MR) is 39.6 cm³/mol. The third-order valence-electron chi connectivity index (χ3n) is 1.75. The summed E-state index contributed by atoms with van der Waals surface area (Å²) in [5.74, 6) is 0. The number of hydrogen-bond acceptors (Lipinski definition) is 4. The number of hydrogen-bond donors (Lipinski definition) is 4. The molecule has 12 heavy (non-hydrogen) atoms. The molecule has 0 aromatic heterocycles. The molecule has 1 aliphatic heterocycles. The highest BCUT2D eigenvalue weighted by Gasteiger charge is 2.27. The summed E-state index contributed by atoms with van der Waals surface area (Å²) in [5, 5.41) is 29.0. The van der Waals surface area contributed by atoms with Gasteiger partial charge in [-0.1, -0.05) is 0 Å². The monoisotopic (exact) mass is 176 g/mol. The Morgan fingerprint density at radius 2 is 2.25 bits per heavy atom. The molecular weight excluding hydrogens is 164 g/mol. The number of amides is 1. The third kappa shape index (κ3) is 2.07. The largest absolute Gasteiger partial charge is 0.465 e. The van der Waals surface area contributed by atoms with Crippen LogP contribution in [0.2, 0.25) is 0 Å². The number of nitrogens with one attached hydrogen (secondary N) is 1. The van der Waals surface area contributed by atoms with Gasteiger partial charge < -0.3 is 20.2 Å². The lowest BCUT2D eigenvalue weighted by atomic mass is 10.2. The molecule has 0 bridgehead atoms. The average Bonchev–Trinajstić information content (AvgIpc) is 2.03. The van der Waals surface area contributed by atoms with Crippen LogP contribution in [0, 0.1) is 0 Å². The molecule has 0 saturated carbocycles. The second-order valence-corrected chi connectivity index (χ2v) is 2.75. The van der Waals surface area contributed by atoms with E-state index in [2.05, 4.69) is 5.32 Å². The van der Waals surface area contributed by atoms with Crippen LogP contribution in [0.25, 0.3) is 0 Å². The van der Waals surface area contributed by atoms with E-state index in [1.165, 1.54) is 0 Å². The van der Waals surface area contributed by atoms with Crippen LogP contribution in [0.15, 0.2) is 0 Å². The van der Waals surface area contributed by atoms with Gasteiger partial charge in [-0.3, -0.25) is 5.32 Å². The van der Waals surface area contributed by atoms with E-state index in [1.54, 1.807) is 0 Å². The first kappa shape index (κ1) is 9.24. The summed E-state index contributed by atoms with van der Waals surface area (Å²) in [6.45, 7) is 0.0789. The van der Waals surface area contributed by atoms with Gasteiger partial charge in [-0.05, 0) is 0 Å². The Hall–Kier alpha value is -0.850. The van der Waals surface area contributed by atoms with Gasteiger partial charge in [-0.25, -0.2) is 4.79 Å². The van der Waals surface area contributed by atoms with Gasteiger partial charge in [0.1, 0.15) is 6.23 Å². The van der Waals surface area contributed by atoms with Gasteiger partial charge in [-0.2, -0.15) is 0 Å². The van der Waals surface area contributed by atoms with Crippen LogP contribution in [0.4, 0.5) is 4.79 Å². The molecule has 4 N–H and O–H groups in total. The summed E-state index contributed by atoms with van der Waals surface area (Å²) in [4.78, 5) is 11.5. The van der Waals surface area contributed by atoms with E-state index in [1.807, 2.05) is 0 Å². The van der Waals surface area contributed by atoms with Gasteiger partial charge in [0.05, 0.1) is 19.2 Å². The highest BCUT2D eigenvalue weighted by atomic mass is 16.4. The minimum absolute atomic E-state index is 0.0475. The maximum Gasteiger partial charge on any atom is 0.407 e. The number of aliphatic hydroxyl groups is 2. The van der Waals surface area contributed by atoms with Crippen LogP contribution < -0.4 is 5.32 Å². The number of carbonyl (C=O) groups is 1. The highest BCUT2D eigenvalue weighted by Crippen LogP contribution is 2.02. The Morgan fingerprint density at radius 3 is 2.75 bits per heavy atom. The van der Waals surface area contributed by atoms with Crippen LogP contribution in [-0.4, -0.2) is 58.3 Å². The number of nitrogens with zero attached hydrogens (tertiary/aromatic N) is 1. The molecule has 1 aliphatic rings. The first-order chi connectivity index (χ1) is 5.63. The second kappa shape index (κ2) is 3.70. The molecule has 0 aliphatic carbocycles. The first-order valence-corrected chi connectivity index (χ1v) is 3.66. The summed E-state index contributed by atoms with van der Waals surface area (Å²) in [6, 6.07) is -0.371. The van der Waals surface area contributed by atoms with Crippen molar-refractivity contribution in [2.75, 3.05) is 19.7 Å². The SMILES string of the molecule is O=C(O)N1CC(O)N[C@H](CO)C1. The van der Waals surface area contributed by atoms with Gasteiger partial charge in [0.2, 0.25) is 0 Å². The molecule has 6 nitrogen and oxygen atoms in total. The Labute approximate surface area is 69.4 Å². The molecule has 0 spiro atoms. The first-order valence-electron chi connectivity index (χ1n) is 3.66. The van der Waals surface area contributed by atoms with E-state index in [0.717, 1.165) is 4.90 Å². The highest BCUT2D eigenvalue weighted by molar-refractivity contribution is 5.65. The van der Waals surface area contributed by atoms with Crippen molar-refractivity contribution in [2.24, 2.45) is 0 Å². The van der Waals surface area contributed by atoms with Crippen LogP contribution in [-0.2, 0) is 0 Å². The van der Waals surface area contributed by atoms with Crippen LogP contribution in [0.5, 0.6) is 0 Å². The van der Waals surface area contributed by atoms with Crippen molar-refractivity contribution in [3.8, 4) is 0 Å². The fourth-order valence-electron chi connectivity index (χ4n) is 1.19. The maximum absolute atomic E-state index is 10.5. The van der Waals surface area contributed by atoms with Crippen molar-refractivity contribution >= 4 is 6.09 Å². The maximum atomic E-state index is 10.5. The molecule has 1 fully saturated rings. The van der Waals surface area contributed by atoms with E-state index in [9.17, 15) is 4.79 Å². The smallest absolute Gasteiger partial charge is 0.407 e. The van der Waals surface area contributed by atoms with Crippen molar-refractivity contribution in [3.05, 3.63) is 0 Å². The lowest BCUT2D eigenvalue weighted by molar-refractivity contribution is 0.0206. The molecule has 2 atom stereocenters. The average molecular weight is 176 g/mol. The zero-order valence-corrected chi connectivity index (χ0v) is 6.47. The molecule has 1 unspecified atom stereocenters. The van der Waals surface area contributed by atoms with Crippen molar-refractivity contribution in [1.82, 2.24) is 10.2 Å². The van der Waals surface area contributed by atoms with Crippen LogP contribution in [0.3, 0.4) is 0 Å². The van der Waals surface area contributed by atoms with E-state index in [4.69, 9.17) is 15.3 Å². The van der Waals surface area contributed by atoms with Crippen LogP contribution >= 0.6 is 0 Å². The molecule has 1 saturated heterocycles. The quantitative estimate of drug-likeness (QED) is 0.380. The van der Waals surface area contributed by atoms with E-state index >= 15 is 0 Å². The molecule has 70 valence electrons. The number of β-amino-alcohol motifs (C(OH)–C–C–N with tert-alkyl or cyclic N) is 1. The Bertz CT molecular complexity index is 175. The van der Waals surface area contributed by atoms with E-state index in [0.29, 0.717) is 0 Å². The Balaban J connectivity index is 2.51. The lowest BCUT2D eigenvalue weighted by Crippen LogP contribution is -2.58. The molecule has 1 heterocycles. The van der Waals surface area contributed by atoms with Gasteiger partial charge in [0, 0.05) is 6.54 Å².